The van der Waals surface area contributed by atoms with Gasteiger partial charge in [0.05, 0.1) is 5.01 Å². The van der Waals surface area contributed by atoms with Gasteiger partial charge in [0, 0.05) is 36.3 Å². The summed E-state index contributed by atoms with van der Waals surface area (Å²) in [5.41, 5.74) is 3.35. The largest absolute Gasteiger partial charge is 0.347 e. The normalized spacial score (nSPS) is 22.6. The average Bonchev–Trinajstić information content (AvgIpc) is 3.23. The number of hydrogen-bond donors (Lipinski definition) is 1. The van der Waals surface area contributed by atoms with Gasteiger partial charge in [-0.15, -0.1) is 11.3 Å². The second kappa shape index (κ2) is 7.68. The Morgan fingerprint density at radius 2 is 1.62 bits per heavy atom. The fraction of sp³-hybridized carbons (Fsp3) is 0.577. The fourth-order valence-corrected chi connectivity index (χ4v) is 6.81. The number of fused-ring (bicyclic) bond motifs is 1. The van der Waals surface area contributed by atoms with Gasteiger partial charge in [0.25, 0.3) is 5.91 Å². The Balaban J connectivity index is 1.15. The van der Waals surface area contributed by atoms with Crippen molar-refractivity contribution in [2.45, 2.75) is 65.3 Å². The number of carbonyl (C=O) groups is 2. The number of benzene rings is 1. The van der Waals surface area contributed by atoms with Crippen molar-refractivity contribution in [1.29, 1.82) is 0 Å². The van der Waals surface area contributed by atoms with Crippen LogP contribution in [0.2, 0.25) is 0 Å². The molecule has 2 heterocycles. The SMILES string of the molecule is CC1(C)C(C(=O)N2CCC(c3nc(C(=O)NC4Cc5ccccc5C4)cs3)CC2)C1(C)C. The molecule has 0 radical (unpaired) electrons. The summed E-state index contributed by atoms with van der Waals surface area (Å²) in [6.07, 6.45) is 3.62. The van der Waals surface area contributed by atoms with E-state index in [0.29, 0.717) is 17.5 Å². The molecule has 2 fully saturated rings. The van der Waals surface area contributed by atoms with Crippen LogP contribution >= 0.6 is 11.3 Å². The number of nitrogens with zero attached hydrogens (tertiary/aromatic N) is 2. The molecule has 3 aliphatic rings. The predicted octanol–water partition coefficient (Wildman–Crippen LogP) is 4.43. The Bertz CT molecular complexity index is 1010. The molecular weight excluding hydrogens is 418 g/mol. The van der Waals surface area contributed by atoms with Crippen molar-refractivity contribution in [2.75, 3.05) is 13.1 Å². The number of piperidine rings is 1. The van der Waals surface area contributed by atoms with Crippen LogP contribution in [0.25, 0.3) is 0 Å². The monoisotopic (exact) mass is 451 g/mol. The first kappa shape index (κ1) is 21.6. The van der Waals surface area contributed by atoms with Crippen molar-refractivity contribution in [2.24, 2.45) is 16.7 Å². The van der Waals surface area contributed by atoms with Gasteiger partial charge in [-0.05, 0) is 47.6 Å². The molecule has 32 heavy (non-hydrogen) atoms. The number of amides is 2. The Kier molecular flexibility index (Phi) is 5.19. The van der Waals surface area contributed by atoms with Crippen molar-refractivity contribution in [1.82, 2.24) is 15.2 Å². The maximum atomic E-state index is 13.0. The van der Waals surface area contributed by atoms with E-state index in [-0.39, 0.29) is 28.7 Å². The first-order valence-electron chi connectivity index (χ1n) is 11.8. The number of thiazole rings is 1. The van der Waals surface area contributed by atoms with Gasteiger partial charge in [-0.1, -0.05) is 52.0 Å². The third-order valence-electron chi connectivity index (χ3n) is 8.56. The van der Waals surface area contributed by atoms with E-state index in [1.807, 2.05) is 5.38 Å². The zero-order valence-corrected chi connectivity index (χ0v) is 20.3. The molecule has 170 valence electrons. The predicted molar refractivity (Wildman–Crippen MR) is 127 cm³/mol. The minimum absolute atomic E-state index is 0.0730. The van der Waals surface area contributed by atoms with Crippen LogP contribution in [-0.2, 0) is 17.6 Å². The second-order valence-corrected chi connectivity index (χ2v) is 11.8. The number of nitrogens with one attached hydrogen (secondary N) is 1. The molecular formula is C26H33N3O2S. The highest BCUT2D eigenvalue weighted by atomic mass is 32.1. The van der Waals surface area contributed by atoms with Gasteiger partial charge < -0.3 is 10.2 Å². The lowest BCUT2D eigenvalue weighted by atomic mass is 9.96. The summed E-state index contributed by atoms with van der Waals surface area (Å²) in [4.78, 5) is 32.6. The average molecular weight is 452 g/mol. The van der Waals surface area contributed by atoms with Crippen molar-refractivity contribution < 1.29 is 9.59 Å². The first-order chi connectivity index (χ1) is 15.2. The molecule has 5 rings (SSSR count). The van der Waals surface area contributed by atoms with Gasteiger partial charge in [0.1, 0.15) is 5.69 Å². The Labute approximate surface area is 194 Å². The molecule has 0 atom stereocenters. The van der Waals surface area contributed by atoms with Gasteiger partial charge in [0.15, 0.2) is 0 Å². The molecule has 2 amide bonds. The van der Waals surface area contributed by atoms with Crippen molar-refractivity contribution in [3.05, 3.63) is 51.5 Å². The second-order valence-electron chi connectivity index (χ2n) is 10.9. The van der Waals surface area contributed by atoms with Crippen molar-refractivity contribution >= 4 is 23.2 Å². The summed E-state index contributed by atoms with van der Waals surface area (Å²) < 4.78 is 0. The third kappa shape index (κ3) is 3.57. The van der Waals surface area contributed by atoms with E-state index in [9.17, 15) is 9.59 Å². The minimum Gasteiger partial charge on any atom is -0.347 e. The molecule has 0 unspecified atom stereocenters. The van der Waals surface area contributed by atoms with E-state index >= 15 is 0 Å². The van der Waals surface area contributed by atoms with Crippen LogP contribution in [0.1, 0.15) is 73.1 Å². The third-order valence-corrected chi connectivity index (χ3v) is 9.57. The molecule has 5 nitrogen and oxygen atoms in total. The Morgan fingerprint density at radius 3 is 2.19 bits per heavy atom. The highest BCUT2D eigenvalue weighted by molar-refractivity contribution is 7.09. The maximum absolute atomic E-state index is 13.0. The van der Waals surface area contributed by atoms with E-state index in [1.54, 1.807) is 11.3 Å². The van der Waals surface area contributed by atoms with E-state index in [1.165, 1.54) is 11.1 Å². The molecule has 1 saturated carbocycles. The van der Waals surface area contributed by atoms with Crippen molar-refractivity contribution in [3.8, 4) is 0 Å². The van der Waals surface area contributed by atoms with E-state index in [4.69, 9.17) is 4.98 Å². The van der Waals surface area contributed by atoms with Gasteiger partial charge in [-0.2, -0.15) is 0 Å². The van der Waals surface area contributed by atoms with E-state index in [0.717, 1.165) is 43.8 Å². The lowest BCUT2D eigenvalue weighted by Crippen LogP contribution is -2.40. The smallest absolute Gasteiger partial charge is 0.270 e. The zero-order chi connectivity index (χ0) is 22.7. The Morgan fingerprint density at radius 1 is 1.03 bits per heavy atom. The molecule has 2 aliphatic carbocycles. The van der Waals surface area contributed by atoms with Crippen LogP contribution in [0.3, 0.4) is 0 Å². The summed E-state index contributed by atoms with van der Waals surface area (Å²) >= 11 is 1.58. The van der Waals surface area contributed by atoms with Crippen LogP contribution in [0.15, 0.2) is 29.6 Å². The molecule has 1 aromatic carbocycles. The van der Waals surface area contributed by atoms with Gasteiger partial charge >= 0.3 is 0 Å². The number of carbonyl (C=O) groups excluding carboxylic acids is 2. The molecule has 0 spiro atoms. The molecule has 1 aliphatic heterocycles. The Hall–Kier alpha value is -2.21. The molecule has 1 aromatic heterocycles. The standard InChI is InChI=1S/C26H33N3O2S/c1-25(2)21(26(25,3)4)24(31)29-11-9-16(10-12-29)23-28-20(15-32-23)22(30)27-19-13-17-7-5-6-8-18(17)14-19/h5-8,15-16,19,21H,9-14H2,1-4H3,(H,27,30). The zero-order valence-electron chi connectivity index (χ0n) is 19.5. The molecule has 1 saturated heterocycles. The van der Waals surface area contributed by atoms with Gasteiger partial charge in [-0.25, -0.2) is 4.98 Å². The van der Waals surface area contributed by atoms with Crippen LogP contribution < -0.4 is 5.32 Å². The highest BCUT2D eigenvalue weighted by Gasteiger charge is 2.68. The summed E-state index contributed by atoms with van der Waals surface area (Å²) in [7, 11) is 0. The summed E-state index contributed by atoms with van der Waals surface area (Å²) in [6, 6.07) is 8.55. The number of rotatable bonds is 4. The quantitative estimate of drug-likeness (QED) is 0.748. The van der Waals surface area contributed by atoms with Gasteiger partial charge in [-0.3, -0.25) is 9.59 Å². The lowest BCUT2D eigenvalue weighted by molar-refractivity contribution is -0.134. The number of likely N-dealkylation sites (tertiary alicyclic amines) is 1. The number of aromatic nitrogens is 1. The molecule has 0 bridgehead atoms. The van der Waals surface area contributed by atoms with Crippen LogP contribution in [0.4, 0.5) is 0 Å². The van der Waals surface area contributed by atoms with Crippen molar-refractivity contribution in [3.63, 3.8) is 0 Å². The fourth-order valence-electron chi connectivity index (χ4n) is 5.84. The topological polar surface area (TPSA) is 62.3 Å². The summed E-state index contributed by atoms with van der Waals surface area (Å²) in [6.45, 7) is 10.4. The lowest BCUT2D eigenvalue weighted by Gasteiger charge is -2.31. The molecule has 2 aromatic rings. The minimum atomic E-state index is -0.0730. The number of hydrogen-bond acceptors (Lipinski definition) is 4. The van der Waals surface area contributed by atoms with E-state index < -0.39 is 0 Å². The first-order valence-corrected chi connectivity index (χ1v) is 12.7. The van der Waals surface area contributed by atoms with Crippen LogP contribution in [0, 0.1) is 16.7 Å². The molecule has 6 heteroatoms. The van der Waals surface area contributed by atoms with Crippen LogP contribution in [-0.4, -0.2) is 40.8 Å². The maximum Gasteiger partial charge on any atom is 0.270 e. The molecule has 1 N–H and O–H groups in total. The van der Waals surface area contributed by atoms with Gasteiger partial charge in [0.2, 0.25) is 5.91 Å². The van der Waals surface area contributed by atoms with E-state index in [2.05, 4.69) is 62.2 Å². The summed E-state index contributed by atoms with van der Waals surface area (Å²) in [5, 5.41) is 6.09. The van der Waals surface area contributed by atoms with Crippen LogP contribution in [0.5, 0.6) is 0 Å². The summed E-state index contributed by atoms with van der Waals surface area (Å²) in [5.74, 6) is 0.705. The highest BCUT2D eigenvalue weighted by Crippen LogP contribution is 2.68.